The van der Waals surface area contributed by atoms with Gasteiger partial charge in [0.2, 0.25) is 0 Å². The Morgan fingerprint density at radius 2 is 1.93 bits per heavy atom. The summed E-state index contributed by atoms with van der Waals surface area (Å²) in [6.45, 7) is 1.80. The molecule has 0 aliphatic carbocycles. The molecule has 0 saturated carbocycles. The van der Waals surface area contributed by atoms with E-state index in [-0.39, 0.29) is 6.61 Å². The van der Waals surface area contributed by atoms with E-state index >= 15 is 0 Å². The van der Waals surface area contributed by atoms with Crippen LogP contribution < -0.4 is 0 Å². The van der Waals surface area contributed by atoms with Gasteiger partial charge in [-0.1, -0.05) is 34.8 Å². The zero-order chi connectivity index (χ0) is 12.1. The molecule has 0 heterocycles. The van der Waals surface area contributed by atoms with Crippen molar-refractivity contribution in [1.82, 2.24) is 0 Å². The highest BCUT2D eigenvalue weighted by Crippen LogP contribution is 2.35. The van der Waals surface area contributed by atoms with Crippen molar-refractivity contribution in [3.05, 3.63) is 0 Å². The molecule has 0 spiro atoms. The van der Waals surface area contributed by atoms with Crippen molar-refractivity contribution >= 4 is 62.7 Å². The number of ether oxygens (including phenoxy) is 2. The van der Waals surface area contributed by atoms with Crippen LogP contribution in [-0.2, 0) is 19.1 Å². The van der Waals surface area contributed by atoms with E-state index in [0.29, 0.717) is 0 Å². The van der Waals surface area contributed by atoms with Crippen molar-refractivity contribution in [2.45, 2.75) is 22.2 Å². The lowest BCUT2D eigenvalue weighted by Gasteiger charge is -2.20. The number of halogens is 4. The number of hydrogen-bond acceptors (Lipinski definition) is 4. The smallest absolute Gasteiger partial charge is 0.319 e. The number of carbonyl (C=O) groups is 2. The minimum absolute atomic E-state index is 0.181. The zero-order valence-corrected chi connectivity index (χ0v) is 11.5. The fourth-order valence-electron chi connectivity index (χ4n) is 0.562. The highest BCUT2D eigenvalue weighted by Gasteiger charge is 2.36. The van der Waals surface area contributed by atoms with Crippen molar-refractivity contribution < 1.29 is 19.1 Å². The highest BCUT2D eigenvalue weighted by molar-refractivity contribution is 9.10. The number of hydrogen-bond donors (Lipinski definition) is 0. The van der Waals surface area contributed by atoms with Crippen LogP contribution in [0.25, 0.3) is 0 Å². The molecule has 0 aromatic carbocycles. The Hall–Kier alpha value is 0.290. The Balaban J connectivity index is 4.09. The zero-order valence-electron chi connectivity index (χ0n) is 7.64. The third kappa shape index (κ3) is 6.45. The average Bonchev–Trinajstić information content (AvgIpc) is 2.02. The second-order valence-electron chi connectivity index (χ2n) is 2.32. The second kappa shape index (κ2) is 6.78. The van der Waals surface area contributed by atoms with Gasteiger partial charge in [0, 0.05) is 0 Å². The van der Waals surface area contributed by atoms with Crippen LogP contribution >= 0.6 is 50.7 Å². The van der Waals surface area contributed by atoms with Gasteiger partial charge in [-0.05, 0) is 22.9 Å². The first-order chi connectivity index (χ1) is 6.79. The van der Waals surface area contributed by atoms with Gasteiger partial charge in [0.1, 0.15) is 6.42 Å². The van der Waals surface area contributed by atoms with Gasteiger partial charge in [0.15, 0.2) is 4.84 Å². The van der Waals surface area contributed by atoms with Crippen molar-refractivity contribution in [3.8, 4) is 0 Å². The maximum atomic E-state index is 11.1. The molecule has 1 unspecified atom stereocenters. The van der Waals surface area contributed by atoms with Gasteiger partial charge in [-0.25, -0.2) is 0 Å². The fourth-order valence-corrected chi connectivity index (χ4v) is 0.918. The van der Waals surface area contributed by atoms with Gasteiger partial charge < -0.3 is 9.47 Å². The van der Waals surface area contributed by atoms with Crippen LogP contribution in [0.4, 0.5) is 0 Å². The van der Waals surface area contributed by atoms with E-state index in [9.17, 15) is 9.59 Å². The predicted molar refractivity (Wildman–Crippen MR) is 60.3 cm³/mol. The standard InChI is InChI=1S/C7H8BrCl3O4/c1-2-14-4(12)3-5(13)15-7(8,11)6(9)10/h6H,2-3H2,1H3. The van der Waals surface area contributed by atoms with Gasteiger partial charge in [0.05, 0.1) is 6.61 Å². The molecule has 0 rings (SSSR count). The molecule has 15 heavy (non-hydrogen) atoms. The van der Waals surface area contributed by atoms with Gasteiger partial charge in [-0.3, -0.25) is 9.59 Å². The second-order valence-corrected chi connectivity index (χ2v) is 5.61. The Labute approximate surface area is 110 Å². The van der Waals surface area contributed by atoms with Crippen LogP contribution in [0.5, 0.6) is 0 Å². The summed E-state index contributed by atoms with van der Waals surface area (Å²) in [6.07, 6.45) is -0.547. The number of esters is 2. The normalized spacial score (nSPS) is 14.5. The van der Waals surface area contributed by atoms with E-state index in [1.165, 1.54) is 0 Å². The third-order valence-electron chi connectivity index (χ3n) is 1.10. The van der Waals surface area contributed by atoms with Crippen LogP contribution in [0.3, 0.4) is 0 Å². The lowest BCUT2D eigenvalue weighted by molar-refractivity contribution is -0.155. The molecular weight excluding hydrogens is 334 g/mol. The molecule has 0 fully saturated rings. The van der Waals surface area contributed by atoms with Crippen LogP contribution in [-0.4, -0.2) is 27.4 Å². The molecule has 0 aromatic heterocycles. The minimum atomic E-state index is -1.74. The van der Waals surface area contributed by atoms with E-state index in [2.05, 4.69) is 25.4 Å². The number of alkyl halides is 4. The SMILES string of the molecule is CCOC(=O)CC(=O)OC(Cl)(Br)C(Cl)Cl. The fraction of sp³-hybridized carbons (Fsp3) is 0.714. The molecule has 0 aliphatic heterocycles. The highest BCUT2D eigenvalue weighted by atomic mass is 79.9. The van der Waals surface area contributed by atoms with Crippen molar-refractivity contribution in [3.63, 3.8) is 0 Å². The first-order valence-electron chi connectivity index (χ1n) is 3.83. The molecular formula is C7H8BrCl3O4. The van der Waals surface area contributed by atoms with Crippen molar-refractivity contribution in [1.29, 1.82) is 0 Å². The molecule has 0 aliphatic rings. The molecule has 0 N–H and O–H groups in total. The predicted octanol–water partition coefficient (Wildman–Crippen LogP) is 2.57. The molecule has 0 aromatic rings. The maximum absolute atomic E-state index is 11.1. The summed E-state index contributed by atoms with van der Waals surface area (Å²) in [7, 11) is 0. The van der Waals surface area contributed by atoms with E-state index in [1.54, 1.807) is 6.92 Å². The molecule has 0 radical (unpaired) electrons. The van der Waals surface area contributed by atoms with Gasteiger partial charge in [-0.15, -0.1) is 0 Å². The first kappa shape index (κ1) is 15.3. The lowest BCUT2D eigenvalue weighted by Crippen LogP contribution is -2.29. The summed E-state index contributed by atoms with van der Waals surface area (Å²) in [5, 5.41) is 0. The Morgan fingerprint density at radius 3 is 2.33 bits per heavy atom. The lowest BCUT2D eigenvalue weighted by atomic mass is 10.4. The van der Waals surface area contributed by atoms with E-state index in [4.69, 9.17) is 34.8 Å². The molecule has 88 valence electrons. The Kier molecular flexibility index (Phi) is 6.91. The molecule has 1 atom stereocenters. The first-order valence-corrected chi connectivity index (χ1v) is 5.87. The monoisotopic (exact) mass is 340 g/mol. The average molecular weight is 342 g/mol. The van der Waals surface area contributed by atoms with Gasteiger partial charge >= 0.3 is 11.9 Å². The van der Waals surface area contributed by atoms with Gasteiger partial charge in [-0.2, -0.15) is 0 Å². The van der Waals surface area contributed by atoms with E-state index in [0.717, 1.165) is 0 Å². The summed E-state index contributed by atoms with van der Waals surface area (Å²) in [5.41, 5.74) is 0. The summed E-state index contributed by atoms with van der Waals surface area (Å²) in [4.78, 5) is 20.8. The molecule has 0 bridgehead atoms. The largest absolute Gasteiger partial charge is 0.466 e. The third-order valence-corrected chi connectivity index (χ3v) is 3.38. The van der Waals surface area contributed by atoms with Crippen LogP contribution in [0.2, 0.25) is 0 Å². The number of carbonyl (C=O) groups excluding carboxylic acids is 2. The Morgan fingerprint density at radius 1 is 1.40 bits per heavy atom. The van der Waals surface area contributed by atoms with E-state index < -0.39 is 27.2 Å². The molecule has 4 nitrogen and oxygen atoms in total. The summed E-state index contributed by atoms with van der Waals surface area (Å²) >= 11 is 19.2. The van der Waals surface area contributed by atoms with Crippen molar-refractivity contribution in [2.24, 2.45) is 0 Å². The maximum Gasteiger partial charge on any atom is 0.319 e. The van der Waals surface area contributed by atoms with Gasteiger partial charge in [0.25, 0.3) is 3.97 Å². The minimum Gasteiger partial charge on any atom is -0.466 e. The van der Waals surface area contributed by atoms with Crippen LogP contribution in [0.1, 0.15) is 13.3 Å². The molecule has 0 amide bonds. The summed E-state index contributed by atoms with van der Waals surface area (Å²) in [5.74, 6) is -1.59. The van der Waals surface area contributed by atoms with Crippen LogP contribution in [0, 0.1) is 0 Å². The van der Waals surface area contributed by atoms with Crippen molar-refractivity contribution in [2.75, 3.05) is 6.61 Å². The summed E-state index contributed by atoms with van der Waals surface area (Å²) in [6, 6.07) is 0. The Bertz CT molecular complexity index is 244. The van der Waals surface area contributed by atoms with Crippen LogP contribution in [0.15, 0.2) is 0 Å². The number of rotatable bonds is 5. The molecule has 0 saturated heterocycles. The summed E-state index contributed by atoms with van der Waals surface area (Å²) < 4.78 is 7.38. The molecule has 8 heteroatoms. The quantitative estimate of drug-likeness (QED) is 0.438. The topological polar surface area (TPSA) is 52.6 Å². The van der Waals surface area contributed by atoms with E-state index in [1.807, 2.05) is 0 Å².